The van der Waals surface area contributed by atoms with Gasteiger partial charge < -0.3 is 0 Å². The molecule has 0 unspecified atom stereocenters. The van der Waals surface area contributed by atoms with Gasteiger partial charge in [-0.1, -0.05) is 38.7 Å². The van der Waals surface area contributed by atoms with Crippen LogP contribution in [0.3, 0.4) is 0 Å². The first-order valence-corrected chi connectivity index (χ1v) is 9.20. The topological polar surface area (TPSA) is 67.3 Å². The first-order valence-electron chi connectivity index (χ1n) is 7.76. The molecule has 152 valence electrons. The summed E-state index contributed by atoms with van der Waals surface area (Å²) in [6, 6.07) is 5.72. The fraction of sp³-hybridized carbons (Fsp3) is 0.667. The highest BCUT2D eigenvalue weighted by Crippen LogP contribution is 2.50. The number of halogens is 6. The second kappa shape index (κ2) is 10.1. The van der Waals surface area contributed by atoms with E-state index >= 15 is 0 Å². The van der Waals surface area contributed by atoms with Crippen molar-refractivity contribution in [1.82, 2.24) is 4.98 Å². The van der Waals surface area contributed by atoms with Crippen molar-refractivity contribution in [3.8, 4) is 0 Å². The number of pyridine rings is 1. The van der Waals surface area contributed by atoms with Gasteiger partial charge in [-0.15, -0.1) is 0 Å². The lowest BCUT2D eigenvalue weighted by Crippen LogP contribution is -2.57. The van der Waals surface area contributed by atoms with Gasteiger partial charge in [0.1, 0.15) is 0 Å². The predicted molar refractivity (Wildman–Crippen MR) is 84.0 cm³/mol. The minimum absolute atomic E-state index is 0.136. The van der Waals surface area contributed by atoms with Gasteiger partial charge in [0, 0.05) is 18.8 Å². The number of aromatic nitrogens is 1. The molecular formula is C15H21F6NO3S. The third kappa shape index (κ3) is 6.75. The van der Waals surface area contributed by atoms with Crippen LogP contribution in [-0.4, -0.2) is 35.1 Å². The molecule has 4 nitrogen and oxygen atoms in total. The first-order chi connectivity index (χ1) is 11.8. The molecular weight excluding hydrogens is 388 g/mol. The van der Waals surface area contributed by atoms with Gasteiger partial charge >= 0.3 is 27.2 Å². The molecule has 0 aliphatic carbocycles. The van der Waals surface area contributed by atoms with E-state index in [-0.39, 0.29) is 6.42 Å². The van der Waals surface area contributed by atoms with Gasteiger partial charge in [-0.05, 0) is 18.6 Å². The Labute approximate surface area is 148 Å². The average Bonchev–Trinajstić information content (AvgIpc) is 2.55. The molecule has 0 bridgehead atoms. The van der Waals surface area contributed by atoms with Crippen molar-refractivity contribution in [3.05, 3.63) is 30.6 Å². The molecule has 0 atom stereocenters. The number of rotatable bonds is 9. The molecule has 1 aromatic heterocycles. The van der Waals surface area contributed by atoms with Gasteiger partial charge in [0.05, 0.1) is 0 Å². The molecule has 0 amide bonds. The van der Waals surface area contributed by atoms with Gasteiger partial charge in [-0.3, -0.25) is 9.54 Å². The van der Waals surface area contributed by atoms with Gasteiger partial charge in [0.15, 0.2) is 0 Å². The van der Waals surface area contributed by atoms with Crippen molar-refractivity contribution in [2.45, 2.75) is 62.5 Å². The molecule has 0 saturated heterocycles. The van der Waals surface area contributed by atoms with E-state index in [0.717, 1.165) is 6.42 Å². The normalized spacial score (nSPS) is 13.1. The van der Waals surface area contributed by atoms with Crippen molar-refractivity contribution in [1.29, 1.82) is 0 Å². The minimum Gasteiger partial charge on any atom is -0.281 e. The van der Waals surface area contributed by atoms with Crippen LogP contribution in [0.15, 0.2) is 30.6 Å². The highest BCUT2D eigenvalue weighted by molar-refractivity contribution is 7.87. The third-order valence-electron chi connectivity index (χ3n) is 3.31. The Morgan fingerprint density at radius 1 is 0.885 bits per heavy atom. The maximum atomic E-state index is 13.1. The molecule has 11 heteroatoms. The van der Waals surface area contributed by atoms with E-state index in [4.69, 9.17) is 4.55 Å². The van der Waals surface area contributed by atoms with Gasteiger partial charge in [0.2, 0.25) is 0 Å². The zero-order chi connectivity index (χ0) is 20.5. The molecule has 1 aromatic rings. The fourth-order valence-corrected chi connectivity index (χ4v) is 2.27. The fourth-order valence-electron chi connectivity index (χ4n) is 1.80. The quantitative estimate of drug-likeness (QED) is 0.347. The van der Waals surface area contributed by atoms with Gasteiger partial charge in [-0.2, -0.15) is 34.8 Å². The van der Waals surface area contributed by atoms with Crippen LogP contribution in [0, 0.1) is 0 Å². The van der Waals surface area contributed by atoms with Crippen LogP contribution in [0.25, 0.3) is 0 Å². The van der Waals surface area contributed by atoms with Crippen LogP contribution >= 0.6 is 0 Å². The summed E-state index contributed by atoms with van der Waals surface area (Å²) >= 11 is 0. The van der Waals surface area contributed by atoms with Crippen molar-refractivity contribution < 1.29 is 39.3 Å². The monoisotopic (exact) mass is 409 g/mol. The van der Waals surface area contributed by atoms with E-state index in [1.165, 1.54) is 0 Å². The first kappa shape index (κ1) is 24.6. The predicted octanol–water partition coefficient (Wildman–Crippen LogP) is 5.18. The summed E-state index contributed by atoms with van der Waals surface area (Å²) < 4.78 is 106. The summed E-state index contributed by atoms with van der Waals surface area (Å²) in [5, 5.41) is -6.24. The number of nitrogens with zero attached hydrogens (tertiary/aromatic N) is 1. The summed E-state index contributed by atoms with van der Waals surface area (Å²) in [5.74, 6) is -11.4. The van der Waals surface area contributed by atoms with Gasteiger partial charge in [-0.25, -0.2) is 0 Å². The Hall–Kier alpha value is -1.36. The molecule has 0 saturated carbocycles. The van der Waals surface area contributed by atoms with Crippen molar-refractivity contribution in [3.63, 3.8) is 0 Å². The lowest BCUT2D eigenvalue weighted by Gasteiger charge is -2.30. The summed E-state index contributed by atoms with van der Waals surface area (Å²) in [4.78, 5) is 3.78. The lowest BCUT2D eigenvalue weighted by molar-refractivity contribution is -0.282. The minimum atomic E-state index is -6.65. The molecule has 1 N–H and O–H groups in total. The number of hydrogen-bond acceptors (Lipinski definition) is 3. The molecule has 0 aliphatic heterocycles. The molecule has 1 heterocycles. The molecule has 0 spiro atoms. The summed E-state index contributed by atoms with van der Waals surface area (Å²) in [5.41, 5.74) is 0. The molecule has 0 radical (unpaired) electrons. The van der Waals surface area contributed by atoms with E-state index in [0.29, 0.717) is 12.8 Å². The highest BCUT2D eigenvalue weighted by atomic mass is 32.2. The molecule has 0 aliphatic rings. The second-order valence-corrected chi connectivity index (χ2v) is 6.92. The Morgan fingerprint density at radius 3 is 1.73 bits per heavy atom. The summed E-state index contributed by atoms with van der Waals surface area (Å²) in [6.07, 6.45) is 3.53. The van der Waals surface area contributed by atoms with Crippen LogP contribution in [0.4, 0.5) is 26.3 Å². The Bertz CT molecular complexity index is 584. The van der Waals surface area contributed by atoms with Crippen molar-refractivity contribution >= 4 is 10.1 Å². The zero-order valence-electron chi connectivity index (χ0n) is 14.0. The van der Waals surface area contributed by atoms with E-state index in [1.807, 2.05) is 25.1 Å². The Morgan fingerprint density at radius 2 is 1.38 bits per heavy atom. The van der Waals surface area contributed by atoms with Crippen LogP contribution in [0.1, 0.15) is 45.4 Å². The summed E-state index contributed by atoms with van der Waals surface area (Å²) in [7, 11) is -6.65. The molecule has 0 fully saturated rings. The van der Waals surface area contributed by atoms with Crippen LogP contribution < -0.4 is 0 Å². The second-order valence-electron chi connectivity index (χ2n) is 5.46. The van der Waals surface area contributed by atoms with Crippen molar-refractivity contribution in [2.24, 2.45) is 0 Å². The molecule has 1 rings (SSSR count). The number of hydrogen-bond donors (Lipinski definition) is 1. The van der Waals surface area contributed by atoms with E-state index in [1.54, 1.807) is 12.4 Å². The average molecular weight is 409 g/mol. The van der Waals surface area contributed by atoms with Gasteiger partial charge in [0.25, 0.3) is 0 Å². The molecule has 0 aromatic carbocycles. The largest absolute Gasteiger partial charge is 0.437 e. The zero-order valence-corrected chi connectivity index (χ0v) is 14.8. The standard InChI is InChI=1S/C10H16F6O3S.C5H5N/c1-2-3-4-5-6-7-8(11,12)9(13,14)10(15,16)20(17,18)19;1-2-4-6-5-3-1/h2-7H2,1H3,(H,17,18,19);1-5H. The van der Waals surface area contributed by atoms with Crippen molar-refractivity contribution in [2.75, 3.05) is 0 Å². The van der Waals surface area contributed by atoms with Crippen LogP contribution in [0.5, 0.6) is 0 Å². The maximum Gasteiger partial charge on any atom is 0.437 e. The number of alkyl halides is 6. The third-order valence-corrected chi connectivity index (χ3v) is 4.21. The van der Waals surface area contributed by atoms with E-state index < -0.39 is 40.1 Å². The summed E-state index contributed by atoms with van der Waals surface area (Å²) in [6.45, 7) is 1.83. The SMILES string of the molecule is CCCCCCCC(F)(F)C(F)(F)C(F)(F)S(=O)(=O)O.c1ccncc1. The molecule has 26 heavy (non-hydrogen) atoms. The lowest BCUT2D eigenvalue weighted by atomic mass is 10.0. The van der Waals surface area contributed by atoms with Crippen LogP contribution in [-0.2, 0) is 10.1 Å². The van der Waals surface area contributed by atoms with E-state index in [2.05, 4.69) is 4.98 Å². The Kier molecular flexibility index (Phi) is 9.57. The smallest absolute Gasteiger partial charge is 0.281 e. The van der Waals surface area contributed by atoms with Crippen LogP contribution in [0.2, 0.25) is 0 Å². The Balaban J connectivity index is 0.000000867. The number of unbranched alkanes of at least 4 members (excludes halogenated alkanes) is 4. The highest BCUT2D eigenvalue weighted by Gasteiger charge is 2.76. The maximum absolute atomic E-state index is 13.1. The van der Waals surface area contributed by atoms with E-state index in [9.17, 15) is 34.8 Å².